The van der Waals surface area contributed by atoms with Crippen LogP contribution in [0.1, 0.15) is 23.9 Å². The molecule has 0 amide bonds. The minimum absolute atomic E-state index is 0.113. The fraction of sp³-hybridized carbons (Fsp3) is 0.562. The number of aromatic nitrogens is 2. The van der Waals surface area contributed by atoms with Gasteiger partial charge in [0.25, 0.3) is 0 Å². The maximum Gasteiger partial charge on any atom is 0.143 e. The Bertz CT molecular complexity index is 697. The summed E-state index contributed by atoms with van der Waals surface area (Å²) < 4.78 is 6.57. The van der Waals surface area contributed by atoms with Gasteiger partial charge in [-0.3, -0.25) is 14.6 Å². The molecule has 0 spiro atoms. The number of halogens is 1. The van der Waals surface area contributed by atoms with Crippen molar-refractivity contribution in [1.29, 1.82) is 0 Å². The highest BCUT2D eigenvalue weighted by Gasteiger charge is 2.33. The Morgan fingerprint density at radius 3 is 2.88 bits per heavy atom. The van der Waals surface area contributed by atoms with Crippen LogP contribution in [0.4, 0.5) is 0 Å². The average molecular weight is 367 g/mol. The second-order valence-electron chi connectivity index (χ2n) is 6.15. The molecule has 0 aliphatic carbocycles. The smallest absolute Gasteiger partial charge is 0.143 e. The van der Waals surface area contributed by atoms with Gasteiger partial charge in [0.2, 0.25) is 0 Å². The third-order valence-corrected chi connectivity index (χ3v) is 5.93. The molecule has 2 saturated heterocycles. The van der Waals surface area contributed by atoms with Crippen LogP contribution in [0.15, 0.2) is 18.6 Å². The number of ether oxygens (including phenoxy) is 1. The molecule has 2 unspecified atom stereocenters. The summed E-state index contributed by atoms with van der Waals surface area (Å²) in [5, 5.41) is 0. The fourth-order valence-electron chi connectivity index (χ4n) is 3.39. The summed E-state index contributed by atoms with van der Waals surface area (Å²) in [6, 6.07) is 2.14. The lowest BCUT2D eigenvalue weighted by Crippen LogP contribution is -2.50. The van der Waals surface area contributed by atoms with E-state index >= 15 is 0 Å². The molecule has 2 atom stereocenters. The monoisotopic (exact) mass is 366 g/mol. The highest BCUT2D eigenvalue weighted by molar-refractivity contribution is 7.19. The van der Waals surface area contributed by atoms with E-state index in [4.69, 9.17) is 16.3 Å². The molecule has 4 heterocycles. The largest absolute Gasteiger partial charge is 0.360 e. The maximum absolute atomic E-state index is 11.6. The molecule has 6 nitrogen and oxygen atoms in total. The summed E-state index contributed by atoms with van der Waals surface area (Å²) in [5.74, 6) is 0.351. The van der Waals surface area contributed by atoms with Crippen LogP contribution in [0.5, 0.6) is 0 Å². The zero-order valence-corrected chi connectivity index (χ0v) is 14.8. The number of carbonyl (C=O) groups excluding carboxylic acids is 1. The van der Waals surface area contributed by atoms with E-state index in [9.17, 15) is 4.79 Å². The van der Waals surface area contributed by atoms with E-state index in [2.05, 4.69) is 25.8 Å². The van der Waals surface area contributed by atoms with E-state index in [0.717, 1.165) is 29.9 Å². The second kappa shape index (κ2) is 7.01. The first kappa shape index (κ1) is 16.4. The van der Waals surface area contributed by atoms with Gasteiger partial charge < -0.3 is 4.74 Å². The molecule has 0 radical (unpaired) electrons. The van der Waals surface area contributed by atoms with Crippen molar-refractivity contribution in [2.24, 2.45) is 0 Å². The van der Waals surface area contributed by atoms with Gasteiger partial charge in [-0.05, 0) is 6.07 Å². The van der Waals surface area contributed by atoms with E-state index in [1.807, 2.05) is 6.20 Å². The van der Waals surface area contributed by atoms with Crippen LogP contribution in [0.3, 0.4) is 0 Å². The molecule has 2 fully saturated rings. The van der Waals surface area contributed by atoms with Crippen molar-refractivity contribution in [2.75, 3.05) is 32.8 Å². The second-order valence-corrected chi connectivity index (χ2v) is 7.75. The molecule has 0 N–H and O–H groups in total. The highest BCUT2D eigenvalue weighted by atomic mass is 35.5. The summed E-state index contributed by atoms with van der Waals surface area (Å²) in [4.78, 5) is 26.1. The quantitative estimate of drug-likeness (QED) is 0.776. The van der Waals surface area contributed by atoms with E-state index in [0.29, 0.717) is 31.8 Å². The number of fused-ring (bicyclic) bond motifs is 1. The standard InChI is InChI=1S/C16H19ClN4O2S/c17-15-9-21(5-6-23-15)16(20-3-1-11(22)2-4-20)13-7-12-14(24-13)8-18-10-19-12/h7-8,10,15-16H,1-6,9H2. The predicted octanol–water partition coefficient (Wildman–Crippen LogP) is 2.25. The molecule has 0 aromatic carbocycles. The maximum atomic E-state index is 11.6. The summed E-state index contributed by atoms with van der Waals surface area (Å²) in [6.07, 6.45) is 4.79. The third kappa shape index (κ3) is 3.32. The van der Waals surface area contributed by atoms with Gasteiger partial charge in [-0.25, -0.2) is 9.97 Å². The number of hydrogen-bond acceptors (Lipinski definition) is 7. The predicted molar refractivity (Wildman–Crippen MR) is 93.1 cm³/mol. The molecule has 2 aromatic heterocycles. The Balaban J connectivity index is 1.67. The number of alkyl halides is 1. The van der Waals surface area contributed by atoms with Crippen molar-refractivity contribution in [3.63, 3.8) is 0 Å². The molecular formula is C16H19ClN4O2S. The molecule has 128 valence electrons. The van der Waals surface area contributed by atoms with E-state index in [-0.39, 0.29) is 11.7 Å². The van der Waals surface area contributed by atoms with E-state index in [1.54, 1.807) is 17.7 Å². The third-order valence-electron chi connectivity index (χ3n) is 4.57. The summed E-state index contributed by atoms with van der Waals surface area (Å²) in [7, 11) is 0. The van der Waals surface area contributed by atoms with Gasteiger partial charge in [0, 0.05) is 50.1 Å². The van der Waals surface area contributed by atoms with Crippen LogP contribution >= 0.6 is 22.9 Å². The minimum Gasteiger partial charge on any atom is -0.360 e. The first-order chi connectivity index (χ1) is 11.7. The fourth-order valence-corrected chi connectivity index (χ4v) is 4.81. The Morgan fingerprint density at radius 1 is 1.29 bits per heavy atom. The molecular weight excluding hydrogens is 348 g/mol. The molecule has 2 aliphatic rings. The van der Waals surface area contributed by atoms with Crippen molar-refractivity contribution in [2.45, 2.75) is 24.6 Å². The molecule has 4 rings (SSSR count). The van der Waals surface area contributed by atoms with E-state index in [1.165, 1.54) is 4.88 Å². The van der Waals surface area contributed by atoms with Crippen LogP contribution in [-0.2, 0) is 9.53 Å². The number of Topliss-reactive ketones (excluding diaryl/α,β-unsaturated/α-hetero) is 1. The lowest BCUT2D eigenvalue weighted by molar-refractivity contribution is -0.124. The van der Waals surface area contributed by atoms with Gasteiger partial charge in [-0.15, -0.1) is 11.3 Å². The van der Waals surface area contributed by atoms with Crippen LogP contribution < -0.4 is 0 Å². The lowest BCUT2D eigenvalue weighted by Gasteiger charge is -2.43. The van der Waals surface area contributed by atoms with Gasteiger partial charge >= 0.3 is 0 Å². The average Bonchev–Trinajstić information content (AvgIpc) is 3.00. The number of thiophene rings is 1. The lowest BCUT2D eigenvalue weighted by atomic mass is 10.1. The van der Waals surface area contributed by atoms with Crippen LogP contribution in [0, 0.1) is 0 Å². The number of likely N-dealkylation sites (tertiary alicyclic amines) is 1. The van der Waals surface area contributed by atoms with Crippen LogP contribution in [-0.4, -0.2) is 63.9 Å². The normalized spacial score (nSPS) is 25.2. The Morgan fingerprint density at radius 2 is 2.12 bits per heavy atom. The molecule has 2 aliphatic heterocycles. The van der Waals surface area contributed by atoms with E-state index < -0.39 is 0 Å². The van der Waals surface area contributed by atoms with Gasteiger partial charge in [-0.2, -0.15) is 0 Å². The van der Waals surface area contributed by atoms with Crippen molar-refractivity contribution in [1.82, 2.24) is 19.8 Å². The van der Waals surface area contributed by atoms with Crippen molar-refractivity contribution in [3.05, 3.63) is 23.5 Å². The van der Waals surface area contributed by atoms with Gasteiger partial charge in [-0.1, -0.05) is 11.6 Å². The van der Waals surface area contributed by atoms with Gasteiger partial charge in [0.1, 0.15) is 17.7 Å². The number of morpholine rings is 1. The Labute approximate surface area is 149 Å². The molecule has 0 saturated carbocycles. The summed E-state index contributed by atoms with van der Waals surface area (Å²) in [5.41, 5.74) is 0.681. The number of carbonyl (C=O) groups is 1. The number of hydrogen-bond donors (Lipinski definition) is 0. The Kier molecular flexibility index (Phi) is 4.78. The summed E-state index contributed by atoms with van der Waals surface area (Å²) >= 11 is 7.95. The molecule has 24 heavy (non-hydrogen) atoms. The number of nitrogens with zero attached hydrogens (tertiary/aromatic N) is 4. The zero-order chi connectivity index (χ0) is 16.5. The minimum atomic E-state index is -0.290. The van der Waals surface area contributed by atoms with Crippen LogP contribution in [0.25, 0.3) is 10.2 Å². The SMILES string of the molecule is O=C1CCN(C(c2cc3ncncc3s2)N2CCOC(Cl)C2)CC1. The Hall–Kier alpha value is -1.12. The topological polar surface area (TPSA) is 58.6 Å². The number of rotatable bonds is 3. The number of piperidine rings is 1. The molecule has 0 bridgehead atoms. The first-order valence-electron chi connectivity index (χ1n) is 8.15. The zero-order valence-electron chi connectivity index (χ0n) is 13.2. The van der Waals surface area contributed by atoms with Crippen molar-refractivity contribution >= 4 is 38.9 Å². The van der Waals surface area contributed by atoms with Crippen LogP contribution in [0.2, 0.25) is 0 Å². The summed E-state index contributed by atoms with van der Waals surface area (Å²) in [6.45, 7) is 3.71. The van der Waals surface area contributed by atoms with Crippen molar-refractivity contribution < 1.29 is 9.53 Å². The molecule has 8 heteroatoms. The van der Waals surface area contributed by atoms with Gasteiger partial charge in [0.05, 0.1) is 23.0 Å². The highest BCUT2D eigenvalue weighted by Crippen LogP contribution is 2.36. The van der Waals surface area contributed by atoms with Gasteiger partial charge in [0.15, 0.2) is 0 Å². The number of ketones is 1. The molecule has 2 aromatic rings. The van der Waals surface area contributed by atoms with Crippen molar-refractivity contribution in [3.8, 4) is 0 Å². The first-order valence-corrected chi connectivity index (χ1v) is 9.41.